The summed E-state index contributed by atoms with van der Waals surface area (Å²) in [4.78, 5) is 16.6. The first kappa shape index (κ1) is 12.8. The van der Waals surface area contributed by atoms with Crippen molar-refractivity contribution in [2.24, 2.45) is 0 Å². The van der Waals surface area contributed by atoms with Gasteiger partial charge in [0.2, 0.25) is 5.91 Å². The average molecular weight is 239 g/mol. The second kappa shape index (κ2) is 6.36. The third kappa shape index (κ3) is 3.68. The predicted molar refractivity (Wildman–Crippen MR) is 69.0 cm³/mol. The van der Waals surface area contributed by atoms with Crippen LogP contribution in [0, 0.1) is 0 Å². The van der Waals surface area contributed by atoms with E-state index in [1.165, 1.54) is 25.8 Å². The highest BCUT2D eigenvalue weighted by Gasteiger charge is 2.24. The molecule has 0 radical (unpaired) electrons. The van der Waals surface area contributed by atoms with Crippen LogP contribution in [0.15, 0.2) is 0 Å². The number of nitrogens with zero attached hydrogens (tertiary/aromatic N) is 2. The number of piperazine rings is 1. The number of carbonyl (C=O) groups excluding carboxylic acids is 1. The summed E-state index contributed by atoms with van der Waals surface area (Å²) in [5.74, 6) is 0.348. The van der Waals surface area contributed by atoms with Crippen LogP contribution in [-0.2, 0) is 4.79 Å². The molecule has 98 valence electrons. The second-order valence-corrected chi connectivity index (χ2v) is 5.22. The van der Waals surface area contributed by atoms with Gasteiger partial charge in [-0.1, -0.05) is 6.92 Å². The molecule has 2 heterocycles. The van der Waals surface area contributed by atoms with Crippen LogP contribution in [-0.4, -0.2) is 61.0 Å². The summed E-state index contributed by atoms with van der Waals surface area (Å²) in [7, 11) is 0. The van der Waals surface area contributed by atoms with E-state index in [4.69, 9.17) is 0 Å². The minimum atomic E-state index is 0.348. The van der Waals surface area contributed by atoms with Gasteiger partial charge >= 0.3 is 0 Å². The summed E-state index contributed by atoms with van der Waals surface area (Å²) in [6.07, 6.45) is 4.30. The van der Waals surface area contributed by atoms with Crippen molar-refractivity contribution in [1.82, 2.24) is 15.1 Å². The molecule has 1 amide bonds. The summed E-state index contributed by atoms with van der Waals surface area (Å²) in [5.41, 5.74) is 0. The van der Waals surface area contributed by atoms with Crippen LogP contribution in [0.3, 0.4) is 0 Å². The van der Waals surface area contributed by atoms with Gasteiger partial charge in [0.1, 0.15) is 0 Å². The Balaban J connectivity index is 1.70. The summed E-state index contributed by atoms with van der Waals surface area (Å²) in [6.45, 7) is 8.42. The van der Waals surface area contributed by atoms with Crippen LogP contribution < -0.4 is 5.32 Å². The molecular formula is C13H25N3O. The number of hydrogen-bond donors (Lipinski definition) is 1. The summed E-state index contributed by atoms with van der Waals surface area (Å²) < 4.78 is 0. The molecule has 0 bridgehead atoms. The number of rotatable bonds is 4. The fraction of sp³-hybridized carbons (Fsp3) is 0.923. The van der Waals surface area contributed by atoms with E-state index < -0.39 is 0 Å². The van der Waals surface area contributed by atoms with E-state index in [9.17, 15) is 4.79 Å². The Bertz CT molecular complexity index is 243. The lowest BCUT2D eigenvalue weighted by molar-refractivity contribution is -0.133. The largest absolute Gasteiger partial charge is 0.340 e. The van der Waals surface area contributed by atoms with E-state index in [1.54, 1.807) is 0 Å². The molecule has 2 aliphatic rings. The van der Waals surface area contributed by atoms with Crippen molar-refractivity contribution in [3.8, 4) is 0 Å². The minimum Gasteiger partial charge on any atom is -0.340 e. The normalized spacial score (nSPS) is 26.4. The summed E-state index contributed by atoms with van der Waals surface area (Å²) in [6, 6.07) is 0.441. The van der Waals surface area contributed by atoms with E-state index in [1.807, 2.05) is 4.90 Å². The van der Waals surface area contributed by atoms with Gasteiger partial charge in [-0.25, -0.2) is 0 Å². The predicted octanol–water partition coefficient (Wildman–Crippen LogP) is 0.683. The van der Waals surface area contributed by atoms with Crippen LogP contribution in [0.5, 0.6) is 0 Å². The second-order valence-electron chi connectivity index (χ2n) is 5.22. The Labute approximate surface area is 104 Å². The molecule has 1 unspecified atom stereocenters. The number of amides is 1. The first-order valence-corrected chi connectivity index (χ1v) is 7.03. The Morgan fingerprint density at radius 3 is 2.65 bits per heavy atom. The van der Waals surface area contributed by atoms with E-state index in [2.05, 4.69) is 17.1 Å². The van der Waals surface area contributed by atoms with Crippen molar-refractivity contribution in [1.29, 1.82) is 0 Å². The SMILES string of the molecule is CCCN1CCN(C(=O)CC2CCCN2)CC1. The average Bonchev–Trinajstić information content (AvgIpc) is 2.83. The smallest absolute Gasteiger partial charge is 0.224 e. The fourth-order valence-corrected chi connectivity index (χ4v) is 2.81. The molecule has 0 spiro atoms. The Morgan fingerprint density at radius 2 is 2.06 bits per heavy atom. The molecule has 2 rings (SSSR count). The molecule has 0 aromatic heterocycles. The van der Waals surface area contributed by atoms with Gasteiger partial charge in [0.05, 0.1) is 0 Å². The lowest BCUT2D eigenvalue weighted by Gasteiger charge is -2.35. The molecule has 1 atom stereocenters. The van der Waals surface area contributed by atoms with Crippen LogP contribution >= 0.6 is 0 Å². The van der Waals surface area contributed by atoms with Crippen molar-refractivity contribution < 1.29 is 4.79 Å². The maximum Gasteiger partial charge on any atom is 0.224 e. The standard InChI is InChI=1S/C13H25N3O/c1-2-6-15-7-9-16(10-8-15)13(17)11-12-4-3-5-14-12/h12,14H,2-11H2,1H3. The van der Waals surface area contributed by atoms with Gasteiger partial charge in [-0.3, -0.25) is 9.69 Å². The fourth-order valence-electron chi connectivity index (χ4n) is 2.81. The van der Waals surface area contributed by atoms with E-state index in [-0.39, 0.29) is 0 Å². The van der Waals surface area contributed by atoms with Gasteiger partial charge in [0.25, 0.3) is 0 Å². The molecule has 0 aromatic carbocycles. The summed E-state index contributed by atoms with van der Waals surface area (Å²) >= 11 is 0. The van der Waals surface area contributed by atoms with Gasteiger partial charge in [-0.15, -0.1) is 0 Å². The van der Waals surface area contributed by atoms with Crippen LogP contribution in [0.4, 0.5) is 0 Å². The topological polar surface area (TPSA) is 35.6 Å². The first-order valence-electron chi connectivity index (χ1n) is 7.03. The Kier molecular flexibility index (Phi) is 4.80. The quantitative estimate of drug-likeness (QED) is 0.784. The maximum absolute atomic E-state index is 12.1. The molecule has 2 saturated heterocycles. The molecule has 0 saturated carbocycles. The molecule has 2 aliphatic heterocycles. The van der Waals surface area contributed by atoms with Crippen LogP contribution in [0.25, 0.3) is 0 Å². The van der Waals surface area contributed by atoms with Crippen molar-refractivity contribution in [2.75, 3.05) is 39.3 Å². The molecule has 17 heavy (non-hydrogen) atoms. The van der Waals surface area contributed by atoms with Gasteiger partial charge in [0.15, 0.2) is 0 Å². The van der Waals surface area contributed by atoms with Gasteiger partial charge in [-0.2, -0.15) is 0 Å². The van der Waals surface area contributed by atoms with E-state index >= 15 is 0 Å². The zero-order chi connectivity index (χ0) is 12.1. The van der Waals surface area contributed by atoms with Gasteiger partial charge in [0, 0.05) is 38.6 Å². The van der Waals surface area contributed by atoms with Gasteiger partial charge < -0.3 is 10.2 Å². The third-order valence-electron chi connectivity index (χ3n) is 3.85. The zero-order valence-corrected chi connectivity index (χ0v) is 11.0. The number of hydrogen-bond acceptors (Lipinski definition) is 3. The lowest BCUT2D eigenvalue weighted by Crippen LogP contribution is -2.49. The molecule has 4 heteroatoms. The first-order chi connectivity index (χ1) is 8.29. The highest BCUT2D eigenvalue weighted by atomic mass is 16.2. The molecule has 1 N–H and O–H groups in total. The highest BCUT2D eigenvalue weighted by Crippen LogP contribution is 2.12. The zero-order valence-electron chi connectivity index (χ0n) is 11.0. The van der Waals surface area contributed by atoms with Crippen molar-refractivity contribution in [2.45, 2.75) is 38.6 Å². The molecule has 2 fully saturated rings. The highest BCUT2D eigenvalue weighted by molar-refractivity contribution is 5.77. The van der Waals surface area contributed by atoms with E-state index in [0.29, 0.717) is 18.4 Å². The van der Waals surface area contributed by atoms with E-state index in [0.717, 1.165) is 32.7 Å². The minimum absolute atomic E-state index is 0.348. The molecule has 4 nitrogen and oxygen atoms in total. The third-order valence-corrected chi connectivity index (χ3v) is 3.85. The van der Waals surface area contributed by atoms with Crippen molar-refractivity contribution >= 4 is 5.91 Å². The van der Waals surface area contributed by atoms with Crippen LogP contribution in [0.2, 0.25) is 0 Å². The molecule has 0 aliphatic carbocycles. The van der Waals surface area contributed by atoms with Crippen molar-refractivity contribution in [3.05, 3.63) is 0 Å². The van der Waals surface area contributed by atoms with Gasteiger partial charge in [-0.05, 0) is 32.4 Å². The molecule has 0 aromatic rings. The van der Waals surface area contributed by atoms with Crippen LogP contribution in [0.1, 0.15) is 32.6 Å². The Hall–Kier alpha value is -0.610. The number of nitrogens with one attached hydrogen (secondary N) is 1. The molecular weight excluding hydrogens is 214 g/mol. The number of carbonyl (C=O) groups is 1. The monoisotopic (exact) mass is 239 g/mol. The summed E-state index contributed by atoms with van der Waals surface area (Å²) in [5, 5.41) is 3.40. The lowest BCUT2D eigenvalue weighted by atomic mass is 10.1. The Morgan fingerprint density at radius 1 is 1.29 bits per heavy atom. The maximum atomic E-state index is 12.1. The van der Waals surface area contributed by atoms with Crippen molar-refractivity contribution in [3.63, 3.8) is 0 Å².